The predicted molar refractivity (Wildman–Crippen MR) is 127 cm³/mol. The summed E-state index contributed by atoms with van der Waals surface area (Å²) in [4.78, 5) is 0. The highest BCUT2D eigenvalue weighted by atomic mass is 35.5. The Hall–Kier alpha value is -1.81. The van der Waals surface area contributed by atoms with Crippen LogP contribution < -0.4 is 10.3 Å². The molecule has 0 radical (unpaired) electrons. The molecule has 0 spiro atoms. The van der Waals surface area contributed by atoms with Crippen LogP contribution in [0.1, 0.15) is 50.7 Å². The van der Waals surface area contributed by atoms with Gasteiger partial charge in [-0.3, -0.25) is 0 Å². The molecule has 1 N–H and O–H groups in total. The number of anilines is 1. The standard InChI is InChI=1S/C19H18Cl2N2.C5H11N/c1-12-11-17(21)8-9-18(12)23-19(13(2)10-14(3)22-23)15-4-6-16(20)7-5-15;1-2-4-6-5-3-1/h4-9,11H,10H2,1-3H3;6H,1-5H2. The average Bonchev–Trinajstić information content (AvgIpc) is 2.70. The summed E-state index contributed by atoms with van der Waals surface area (Å²) < 4.78 is 0. The first kappa shape index (κ1) is 21.9. The summed E-state index contributed by atoms with van der Waals surface area (Å²) in [6.07, 6.45) is 5.09. The van der Waals surface area contributed by atoms with Gasteiger partial charge in [0, 0.05) is 27.7 Å². The van der Waals surface area contributed by atoms with E-state index in [2.05, 4.69) is 26.1 Å². The Labute approximate surface area is 184 Å². The molecule has 2 aliphatic rings. The highest BCUT2D eigenvalue weighted by molar-refractivity contribution is 6.31. The maximum Gasteiger partial charge on any atom is 0.0718 e. The Morgan fingerprint density at radius 1 is 0.862 bits per heavy atom. The number of piperidine rings is 1. The largest absolute Gasteiger partial charge is 0.317 e. The van der Waals surface area contributed by atoms with Gasteiger partial charge in [0.05, 0.1) is 11.4 Å². The van der Waals surface area contributed by atoms with E-state index in [1.54, 1.807) is 0 Å². The molecule has 0 aromatic heterocycles. The van der Waals surface area contributed by atoms with Gasteiger partial charge < -0.3 is 5.32 Å². The number of nitrogens with zero attached hydrogens (tertiary/aromatic N) is 2. The Kier molecular flexibility index (Phi) is 7.77. The van der Waals surface area contributed by atoms with Gasteiger partial charge in [0.15, 0.2) is 0 Å². The van der Waals surface area contributed by atoms with Crippen LogP contribution in [0, 0.1) is 6.92 Å². The van der Waals surface area contributed by atoms with Gasteiger partial charge in [0.25, 0.3) is 0 Å². The van der Waals surface area contributed by atoms with Crippen molar-refractivity contribution < 1.29 is 0 Å². The minimum atomic E-state index is 0.733. The first-order valence-electron chi connectivity index (χ1n) is 10.2. The summed E-state index contributed by atoms with van der Waals surface area (Å²) in [7, 11) is 0. The molecule has 4 rings (SSSR count). The van der Waals surface area contributed by atoms with E-state index in [9.17, 15) is 0 Å². The van der Waals surface area contributed by atoms with E-state index in [0.717, 1.165) is 44.7 Å². The monoisotopic (exact) mass is 429 g/mol. The number of allylic oxidation sites excluding steroid dienone is 1. The molecule has 2 heterocycles. The van der Waals surface area contributed by atoms with Crippen molar-refractivity contribution in [3.05, 3.63) is 69.2 Å². The third kappa shape index (κ3) is 5.85. The second-order valence-corrected chi connectivity index (χ2v) is 8.57. The number of benzene rings is 2. The molecule has 2 aromatic carbocycles. The van der Waals surface area contributed by atoms with Gasteiger partial charge in [0.1, 0.15) is 0 Å². The van der Waals surface area contributed by atoms with Gasteiger partial charge in [0.2, 0.25) is 0 Å². The molecule has 0 atom stereocenters. The lowest BCUT2D eigenvalue weighted by molar-refractivity contribution is 0.520. The van der Waals surface area contributed by atoms with Crippen molar-refractivity contribution in [2.24, 2.45) is 5.10 Å². The van der Waals surface area contributed by atoms with Gasteiger partial charge >= 0.3 is 0 Å². The molecule has 154 valence electrons. The van der Waals surface area contributed by atoms with Crippen LogP contribution in [-0.4, -0.2) is 18.8 Å². The second kappa shape index (κ2) is 10.3. The fourth-order valence-electron chi connectivity index (χ4n) is 3.71. The molecule has 1 saturated heterocycles. The van der Waals surface area contributed by atoms with Gasteiger partial charge in [-0.15, -0.1) is 0 Å². The number of halogens is 2. The van der Waals surface area contributed by atoms with Crippen LogP contribution in [0.25, 0.3) is 5.70 Å². The van der Waals surface area contributed by atoms with Crippen LogP contribution in [0.2, 0.25) is 10.0 Å². The fraction of sp³-hybridized carbons (Fsp3) is 0.375. The average molecular weight is 430 g/mol. The Morgan fingerprint density at radius 3 is 2.07 bits per heavy atom. The third-order valence-corrected chi connectivity index (χ3v) is 5.61. The van der Waals surface area contributed by atoms with Crippen molar-refractivity contribution in [1.29, 1.82) is 0 Å². The number of aryl methyl sites for hydroxylation is 1. The zero-order chi connectivity index (χ0) is 20.8. The van der Waals surface area contributed by atoms with Crippen molar-refractivity contribution in [1.82, 2.24) is 5.32 Å². The van der Waals surface area contributed by atoms with Crippen LogP contribution in [0.4, 0.5) is 5.69 Å². The Bertz CT molecular complexity index is 885. The third-order valence-electron chi connectivity index (χ3n) is 5.12. The van der Waals surface area contributed by atoms with E-state index in [4.69, 9.17) is 28.3 Å². The lowest BCUT2D eigenvalue weighted by Gasteiger charge is -2.30. The predicted octanol–water partition coefficient (Wildman–Crippen LogP) is 7.08. The van der Waals surface area contributed by atoms with Crippen LogP contribution in [0.15, 0.2) is 53.1 Å². The topological polar surface area (TPSA) is 27.6 Å². The fourth-order valence-corrected chi connectivity index (χ4v) is 4.07. The van der Waals surface area contributed by atoms with Gasteiger partial charge in [-0.1, -0.05) is 41.8 Å². The highest BCUT2D eigenvalue weighted by Crippen LogP contribution is 2.36. The smallest absolute Gasteiger partial charge is 0.0718 e. The minimum absolute atomic E-state index is 0.733. The van der Waals surface area contributed by atoms with Crippen LogP contribution in [0.5, 0.6) is 0 Å². The van der Waals surface area contributed by atoms with Crippen molar-refractivity contribution in [2.45, 2.75) is 46.5 Å². The summed E-state index contributed by atoms with van der Waals surface area (Å²) in [6.45, 7) is 8.76. The van der Waals surface area contributed by atoms with Crippen LogP contribution >= 0.6 is 23.2 Å². The first-order chi connectivity index (χ1) is 14.0. The molecule has 0 amide bonds. The van der Waals surface area contributed by atoms with Crippen LogP contribution in [0.3, 0.4) is 0 Å². The lowest BCUT2D eigenvalue weighted by atomic mass is 10.00. The SMILES string of the molecule is C1CCNCC1.CC1=NN(c2ccc(Cl)cc2C)C(c2ccc(Cl)cc2)=C(C)C1. The summed E-state index contributed by atoms with van der Waals surface area (Å²) in [6, 6.07) is 13.8. The molecular weight excluding hydrogens is 401 g/mol. The second-order valence-electron chi connectivity index (χ2n) is 7.70. The summed E-state index contributed by atoms with van der Waals surface area (Å²) in [5, 5.41) is 11.6. The van der Waals surface area contributed by atoms with E-state index in [1.165, 1.54) is 37.9 Å². The lowest BCUT2D eigenvalue weighted by Crippen LogP contribution is -2.23. The van der Waals surface area contributed by atoms with Crippen molar-refractivity contribution in [3.8, 4) is 0 Å². The van der Waals surface area contributed by atoms with Gasteiger partial charge in [-0.25, -0.2) is 5.01 Å². The molecular formula is C24H29Cl2N3. The van der Waals surface area contributed by atoms with Crippen molar-refractivity contribution >= 4 is 40.3 Å². The molecule has 5 heteroatoms. The number of hydrogen-bond donors (Lipinski definition) is 1. The molecule has 0 aliphatic carbocycles. The molecule has 0 bridgehead atoms. The molecule has 1 fully saturated rings. The number of rotatable bonds is 2. The molecule has 2 aromatic rings. The summed E-state index contributed by atoms with van der Waals surface area (Å²) in [5.41, 5.74) is 6.73. The zero-order valence-electron chi connectivity index (χ0n) is 17.4. The van der Waals surface area contributed by atoms with E-state index in [1.807, 2.05) is 47.5 Å². The molecule has 0 saturated carbocycles. The van der Waals surface area contributed by atoms with E-state index >= 15 is 0 Å². The number of hydrazone groups is 1. The molecule has 0 unspecified atom stereocenters. The van der Waals surface area contributed by atoms with Crippen molar-refractivity contribution in [2.75, 3.05) is 18.1 Å². The number of hydrogen-bond acceptors (Lipinski definition) is 3. The molecule has 2 aliphatic heterocycles. The maximum absolute atomic E-state index is 6.10. The summed E-state index contributed by atoms with van der Waals surface area (Å²) in [5.74, 6) is 0. The highest BCUT2D eigenvalue weighted by Gasteiger charge is 2.22. The van der Waals surface area contributed by atoms with E-state index in [-0.39, 0.29) is 0 Å². The molecule has 29 heavy (non-hydrogen) atoms. The van der Waals surface area contributed by atoms with Gasteiger partial charge in [-0.05, 0) is 88.2 Å². The molecule has 3 nitrogen and oxygen atoms in total. The number of nitrogens with one attached hydrogen (secondary N) is 1. The zero-order valence-corrected chi connectivity index (χ0v) is 18.9. The van der Waals surface area contributed by atoms with Crippen molar-refractivity contribution in [3.63, 3.8) is 0 Å². The quantitative estimate of drug-likeness (QED) is 0.551. The maximum atomic E-state index is 6.10. The Balaban J connectivity index is 0.000000343. The first-order valence-corrected chi connectivity index (χ1v) is 11.0. The van der Waals surface area contributed by atoms with E-state index < -0.39 is 0 Å². The summed E-state index contributed by atoms with van der Waals surface area (Å²) >= 11 is 12.1. The van der Waals surface area contributed by atoms with E-state index in [0.29, 0.717) is 0 Å². The van der Waals surface area contributed by atoms with Crippen LogP contribution in [-0.2, 0) is 0 Å². The minimum Gasteiger partial charge on any atom is -0.317 e. The Morgan fingerprint density at radius 2 is 1.52 bits per heavy atom. The van der Waals surface area contributed by atoms with Gasteiger partial charge in [-0.2, -0.15) is 5.10 Å². The normalized spacial score (nSPS) is 16.9.